The number of nitrogens with zero attached hydrogens (tertiary/aromatic N) is 4. The highest BCUT2D eigenvalue weighted by Crippen LogP contribution is 2.33. The molecule has 0 N–H and O–H groups in total. The van der Waals surface area contributed by atoms with Crippen molar-refractivity contribution in [3.8, 4) is 17.0 Å². The van der Waals surface area contributed by atoms with E-state index in [1.807, 2.05) is 0 Å². The fourth-order valence-corrected chi connectivity index (χ4v) is 3.20. The zero-order chi connectivity index (χ0) is 20.0. The molecule has 0 saturated heterocycles. The Bertz CT molecular complexity index is 1130. The Labute approximate surface area is 161 Å². The molecule has 0 aliphatic heterocycles. The topological polar surface area (TPSA) is 68.8 Å². The maximum atomic E-state index is 14.7. The molecule has 7 nitrogen and oxygen atoms in total. The van der Waals surface area contributed by atoms with Gasteiger partial charge in [0.05, 0.1) is 12.8 Å². The molecule has 0 bridgehead atoms. The molecule has 0 atom stereocenters. The molecule has 28 heavy (non-hydrogen) atoms. The number of carbonyl (C=O) groups excluding carboxylic acids is 1. The SMILES string of the molecule is COc1ccc(-c2cn3cc(C(=O)N(C)C)nc3c(=O)n2CC2CC2)c(F)c1. The Morgan fingerprint density at radius 3 is 2.68 bits per heavy atom. The van der Waals surface area contributed by atoms with Crippen LogP contribution in [0.3, 0.4) is 0 Å². The van der Waals surface area contributed by atoms with Crippen LogP contribution < -0.4 is 10.3 Å². The summed E-state index contributed by atoms with van der Waals surface area (Å²) in [6.07, 6.45) is 5.25. The Balaban J connectivity index is 1.93. The van der Waals surface area contributed by atoms with Crippen LogP contribution in [0, 0.1) is 11.7 Å². The van der Waals surface area contributed by atoms with Crippen LogP contribution >= 0.6 is 0 Å². The van der Waals surface area contributed by atoms with Crippen LogP contribution in [-0.2, 0) is 6.54 Å². The first-order valence-corrected chi connectivity index (χ1v) is 9.07. The number of aromatic nitrogens is 3. The van der Waals surface area contributed by atoms with E-state index >= 15 is 0 Å². The molecule has 1 aromatic carbocycles. The van der Waals surface area contributed by atoms with Crippen molar-refractivity contribution in [2.45, 2.75) is 19.4 Å². The van der Waals surface area contributed by atoms with Crippen molar-refractivity contribution in [1.29, 1.82) is 0 Å². The van der Waals surface area contributed by atoms with Crippen molar-refractivity contribution in [2.24, 2.45) is 5.92 Å². The highest BCUT2D eigenvalue weighted by atomic mass is 19.1. The molecular formula is C20H21FN4O3. The number of ether oxygens (including phenoxy) is 1. The van der Waals surface area contributed by atoms with E-state index in [1.165, 1.54) is 28.7 Å². The number of benzene rings is 1. The minimum absolute atomic E-state index is 0.156. The van der Waals surface area contributed by atoms with Gasteiger partial charge in [0.2, 0.25) is 5.65 Å². The van der Waals surface area contributed by atoms with Crippen molar-refractivity contribution in [1.82, 2.24) is 18.9 Å². The quantitative estimate of drug-likeness (QED) is 0.678. The van der Waals surface area contributed by atoms with Gasteiger partial charge in [-0.05, 0) is 30.9 Å². The Morgan fingerprint density at radius 2 is 2.07 bits per heavy atom. The lowest BCUT2D eigenvalue weighted by Gasteiger charge is -2.14. The number of methoxy groups -OCH3 is 1. The molecule has 0 unspecified atom stereocenters. The van der Waals surface area contributed by atoms with Crippen molar-refractivity contribution in [3.63, 3.8) is 0 Å². The number of hydrogen-bond acceptors (Lipinski definition) is 4. The number of halogens is 1. The van der Waals surface area contributed by atoms with Crippen LogP contribution in [0.4, 0.5) is 4.39 Å². The van der Waals surface area contributed by atoms with E-state index in [0.717, 1.165) is 12.8 Å². The van der Waals surface area contributed by atoms with E-state index in [1.54, 1.807) is 37.0 Å². The maximum Gasteiger partial charge on any atom is 0.294 e. The molecule has 2 heterocycles. The van der Waals surface area contributed by atoms with E-state index < -0.39 is 5.82 Å². The average Bonchev–Trinajstić information content (AvgIpc) is 3.39. The summed E-state index contributed by atoms with van der Waals surface area (Å²) in [4.78, 5) is 31.0. The van der Waals surface area contributed by atoms with Gasteiger partial charge in [0.1, 0.15) is 17.3 Å². The van der Waals surface area contributed by atoms with Gasteiger partial charge in [-0.25, -0.2) is 9.37 Å². The highest BCUT2D eigenvalue weighted by Gasteiger charge is 2.26. The van der Waals surface area contributed by atoms with Gasteiger partial charge in [-0.1, -0.05) is 0 Å². The van der Waals surface area contributed by atoms with Gasteiger partial charge >= 0.3 is 0 Å². The second-order valence-electron chi connectivity index (χ2n) is 7.28. The van der Waals surface area contributed by atoms with Gasteiger partial charge in [0.25, 0.3) is 11.5 Å². The molecule has 1 aliphatic rings. The third-order valence-electron chi connectivity index (χ3n) is 4.94. The summed E-state index contributed by atoms with van der Waals surface area (Å²) in [5.74, 6) is 0.0272. The Hall–Kier alpha value is -3.16. The summed E-state index contributed by atoms with van der Waals surface area (Å²) in [7, 11) is 4.71. The summed E-state index contributed by atoms with van der Waals surface area (Å²) < 4.78 is 22.9. The first-order chi connectivity index (χ1) is 13.4. The minimum atomic E-state index is -0.479. The maximum absolute atomic E-state index is 14.7. The highest BCUT2D eigenvalue weighted by molar-refractivity contribution is 5.92. The molecular weight excluding hydrogens is 363 g/mol. The number of fused-ring (bicyclic) bond motifs is 1. The number of imidazole rings is 1. The smallest absolute Gasteiger partial charge is 0.294 e. The number of hydrogen-bond donors (Lipinski definition) is 0. The van der Waals surface area contributed by atoms with Gasteiger partial charge in [0, 0.05) is 44.7 Å². The van der Waals surface area contributed by atoms with Crippen molar-refractivity contribution < 1.29 is 13.9 Å². The summed E-state index contributed by atoms with van der Waals surface area (Å²) in [6.45, 7) is 0.500. The van der Waals surface area contributed by atoms with Gasteiger partial charge < -0.3 is 14.2 Å². The van der Waals surface area contributed by atoms with Gasteiger partial charge in [-0.2, -0.15) is 0 Å². The normalized spacial score (nSPS) is 13.7. The zero-order valence-corrected chi connectivity index (χ0v) is 16.0. The number of carbonyl (C=O) groups is 1. The largest absolute Gasteiger partial charge is 0.497 e. The molecule has 0 radical (unpaired) electrons. The van der Waals surface area contributed by atoms with Crippen LogP contribution in [0.2, 0.25) is 0 Å². The molecule has 4 rings (SSSR count). The van der Waals surface area contributed by atoms with Crippen molar-refractivity contribution >= 4 is 11.6 Å². The number of rotatable bonds is 5. The van der Waals surface area contributed by atoms with E-state index in [2.05, 4.69) is 4.98 Å². The van der Waals surface area contributed by atoms with E-state index in [9.17, 15) is 14.0 Å². The lowest BCUT2D eigenvalue weighted by atomic mass is 10.1. The van der Waals surface area contributed by atoms with Crippen LogP contribution in [0.25, 0.3) is 16.9 Å². The molecule has 8 heteroatoms. The van der Waals surface area contributed by atoms with Crippen LogP contribution in [0.15, 0.2) is 35.4 Å². The molecule has 3 aromatic rings. The summed E-state index contributed by atoms with van der Waals surface area (Å²) >= 11 is 0. The monoisotopic (exact) mass is 384 g/mol. The predicted octanol–water partition coefficient (Wildman–Crippen LogP) is 2.42. The minimum Gasteiger partial charge on any atom is -0.497 e. The van der Waals surface area contributed by atoms with Gasteiger partial charge in [-0.15, -0.1) is 0 Å². The van der Waals surface area contributed by atoms with Crippen molar-refractivity contribution in [3.05, 3.63) is 52.5 Å². The first-order valence-electron chi connectivity index (χ1n) is 9.07. The van der Waals surface area contributed by atoms with Gasteiger partial charge in [0.15, 0.2) is 0 Å². The van der Waals surface area contributed by atoms with Crippen LogP contribution in [0.5, 0.6) is 5.75 Å². The first kappa shape index (κ1) is 18.2. The second kappa shape index (κ2) is 6.78. The predicted molar refractivity (Wildman–Crippen MR) is 102 cm³/mol. The van der Waals surface area contributed by atoms with E-state index in [4.69, 9.17) is 4.74 Å². The molecule has 1 saturated carbocycles. The standard InChI is InChI=1S/C20H21FN4O3/c1-23(2)19(26)16-10-24-11-17(14-7-6-13(28-3)8-15(14)21)25(9-12-4-5-12)20(27)18(24)22-16/h6-8,10-12H,4-5,9H2,1-3H3. The lowest BCUT2D eigenvalue weighted by Crippen LogP contribution is -2.25. The summed E-state index contributed by atoms with van der Waals surface area (Å²) in [5, 5.41) is 0. The lowest BCUT2D eigenvalue weighted by molar-refractivity contribution is 0.0822. The third kappa shape index (κ3) is 3.15. The molecule has 146 valence electrons. The van der Waals surface area contributed by atoms with E-state index in [-0.39, 0.29) is 22.8 Å². The molecule has 2 aromatic heterocycles. The van der Waals surface area contributed by atoms with Crippen molar-refractivity contribution in [2.75, 3.05) is 21.2 Å². The second-order valence-corrected chi connectivity index (χ2v) is 7.28. The molecule has 1 amide bonds. The Kier molecular flexibility index (Phi) is 4.41. The summed E-state index contributed by atoms with van der Waals surface area (Å²) in [6, 6.07) is 4.55. The van der Waals surface area contributed by atoms with Gasteiger partial charge in [-0.3, -0.25) is 14.0 Å². The molecule has 1 fully saturated rings. The molecule has 0 spiro atoms. The average molecular weight is 384 g/mol. The Morgan fingerprint density at radius 1 is 1.32 bits per heavy atom. The fourth-order valence-electron chi connectivity index (χ4n) is 3.20. The van der Waals surface area contributed by atoms with E-state index in [0.29, 0.717) is 29.5 Å². The van der Waals surface area contributed by atoms with Crippen LogP contribution in [-0.4, -0.2) is 46.0 Å². The summed E-state index contributed by atoms with van der Waals surface area (Å²) in [5.41, 5.74) is 0.744. The fraction of sp³-hybridized carbons (Fsp3) is 0.350. The molecule has 1 aliphatic carbocycles. The third-order valence-corrected chi connectivity index (χ3v) is 4.94. The number of amides is 1. The van der Waals surface area contributed by atoms with Crippen LogP contribution in [0.1, 0.15) is 23.3 Å². The zero-order valence-electron chi connectivity index (χ0n) is 16.0.